The zero-order valence-electron chi connectivity index (χ0n) is 11.2. The quantitative estimate of drug-likeness (QED) is 0.759. The van der Waals surface area contributed by atoms with Crippen molar-refractivity contribution < 1.29 is 18.5 Å². The Morgan fingerprint density at radius 3 is 3.10 bits per heavy atom. The van der Waals surface area contributed by atoms with E-state index in [-0.39, 0.29) is 6.03 Å². The lowest BCUT2D eigenvalue weighted by Gasteiger charge is -2.05. The second-order valence-corrected chi connectivity index (χ2v) is 4.19. The Balaban J connectivity index is 1.51. The monoisotopic (exact) mass is 279 g/mol. The lowest BCUT2D eigenvalue weighted by molar-refractivity contribution is 0.104. The number of aromatic nitrogens is 1. The minimum absolute atomic E-state index is 0.315. The van der Waals surface area contributed by atoms with Crippen LogP contribution >= 0.6 is 0 Å². The summed E-state index contributed by atoms with van der Waals surface area (Å²) in [6.07, 6.45) is 2.32. The topological polar surface area (TPSA) is 89.5 Å². The predicted octanol–water partition coefficient (Wildman–Crippen LogP) is 2.30. The Labute approximate surface area is 116 Å². The maximum atomic E-state index is 11.5. The first-order chi connectivity index (χ1) is 9.74. The predicted molar refractivity (Wildman–Crippen MR) is 71.2 cm³/mol. The molecule has 2 N–H and O–H groups in total. The van der Waals surface area contributed by atoms with E-state index >= 15 is 0 Å². The van der Waals surface area contributed by atoms with Crippen molar-refractivity contribution in [1.29, 1.82) is 0 Å². The number of furan rings is 1. The van der Waals surface area contributed by atoms with Gasteiger partial charge in [-0.1, -0.05) is 5.16 Å². The largest absolute Gasteiger partial charge is 0.467 e. The third-order valence-corrected chi connectivity index (χ3v) is 2.44. The summed E-state index contributed by atoms with van der Waals surface area (Å²) in [6.45, 7) is 3.26. The Morgan fingerprint density at radius 2 is 2.40 bits per heavy atom. The van der Waals surface area contributed by atoms with E-state index in [0.29, 0.717) is 37.8 Å². The Morgan fingerprint density at radius 1 is 1.50 bits per heavy atom. The van der Waals surface area contributed by atoms with E-state index in [0.717, 1.165) is 5.76 Å². The summed E-state index contributed by atoms with van der Waals surface area (Å²) >= 11 is 0. The highest BCUT2D eigenvalue weighted by atomic mass is 16.5. The van der Waals surface area contributed by atoms with Crippen molar-refractivity contribution in [3.8, 4) is 0 Å². The minimum atomic E-state index is -0.315. The van der Waals surface area contributed by atoms with Crippen molar-refractivity contribution in [3.63, 3.8) is 0 Å². The van der Waals surface area contributed by atoms with Crippen molar-refractivity contribution in [2.75, 3.05) is 18.5 Å². The number of carbonyl (C=O) groups is 1. The number of carbonyl (C=O) groups excluding carboxylic acids is 1. The molecule has 0 radical (unpaired) electrons. The molecule has 0 bridgehead atoms. The van der Waals surface area contributed by atoms with E-state index in [4.69, 9.17) is 13.7 Å². The molecule has 0 aliphatic carbocycles. The summed E-state index contributed by atoms with van der Waals surface area (Å²) in [4.78, 5) is 11.5. The Bertz CT molecular complexity index is 521. The van der Waals surface area contributed by atoms with E-state index in [2.05, 4.69) is 15.8 Å². The fraction of sp³-hybridized carbons (Fsp3) is 0.385. The van der Waals surface area contributed by atoms with E-state index < -0.39 is 0 Å². The van der Waals surface area contributed by atoms with Crippen LogP contribution in [0.25, 0.3) is 0 Å². The molecular formula is C13H17N3O4. The maximum Gasteiger partial charge on any atom is 0.320 e. The van der Waals surface area contributed by atoms with Crippen molar-refractivity contribution in [2.45, 2.75) is 20.0 Å². The highest BCUT2D eigenvalue weighted by Gasteiger charge is 2.04. The van der Waals surface area contributed by atoms with Gasteiger partial charge < -0.3 is 19.0 Å². The fourth-order valence-electron chi connectivity index (χ4n) is 1.53. The van der Waals surface area contributed by atoms with E-state index in [9.17, 15) is 4.79 Å². The summed E-state index contributed by atoms with van der Waals surface area (Å²) < 4.78 is 15.4. The van der Waals surface area contributed by atoms with Crippen LogP contribution in [0.2, 0.25) is 0 Å². The average Bonchev–Trinajstić information content (AvgIpc) is 3.05. The van der Waals surface area contributed by atoms with Crippen molar-refractivity contribution in [1.82, 2.24) is 10.5 Å². The van der Waals surface area contributed by atoms with Crippen molar-refractivity contribution in [2.24, 2.45) is 0 Å². The number of urea groups is 1. The Kier molecular flexibility index (Phi) is 5.19. The lowest BCUT2D eigenvalue weighted by Crippen LogP contribution is -2.30. The van der Waals surface area contributed by atoms with Crippen LogP contribution in [0.15, 0.2) is 33.4 Å². The van der Waals surface area contributed by atoms with Gasteiger partial charge in [0.25, 0.3) is 0 Å². The first-order valence-electron chi connectivity index (χ1n) is 6.32. The molecule has 7 heteroatoms. The SMILES string of the molecule is Cc1cc(NC(=O)NCCCOCc2ccco2)no1. The number of hydrogen-bond donors (Lipinski definition) is 2. The number of anilines is 1. The van der Waals surface area contributed by atoms with Crippen LogP contribution in [0.5, 0.6) is 0 Å². The van der Waals surface area contributed by atoms with E-state index in [1.54, 1.807) is 19.3 Å². The van der Waals surface area contributed by atoms with Gasteiger partial charge in [0.15, 0.2) is 5.82 Å². The van der Waals surface area contributed by atoms with Gasteiger partial charge >= 0.3 is 6.03 Å². The third kappa shape index (κ3) is 4.77. The molecule has 0 saturated heterocycles. The van der Waals surface area contributed by atoms with Gasteiger partial charge in [0.05, 0.1) is 6.26 Å². The van der Waals surface area contributed by atoms with Gasteiger partial charge in [0.2, 0.25) is 0 Å². The van der Waals surface area contributed by atoms with Crippen LogP contribution < -0.4 is 10.6 Å². The summed E-state index contributed by atoms with van der Waals surface area (Å²) in [5, 5.41) is 8.92. The molecule has 0 aromatic carbocycles. The van der Waals surface area contributed by atoms with Crippen LogP contribution in [0.3, 0.4) is 0 Å². The maximum absolute atomic E-state index is 11.5. The van der Waals surface area contributed by atoms with Gasteiger partial charge in [-0.05, 0) is 25.5 Å². The molecule has 108 valence electrons. The molecule has 0 aliphatic rings. The van der Waals surface area contributed by atoms with Gasteiger partial charge in [-0.15, -0.1) is 0 Å². The normalized spacial score (nSPS) is 10.4. The molecule has 2 heterocycles. The highest BCUT2D eigenvalue weighted by molar-refractivity contribution is 5.88. The molecule has 2 rings (SSSR count). The third-order valence-electron chi connectivity index (χ3n) is 2.44. The van der Waals surface area contributed by atoms with Gasteiger partial charge in [-0.3, -0.25) is 5.32 Å². The molecule has 0 atom stereocenters. The Hall–Kier alpha value is -2.28. The molecule has 2 amide bonds. The van der Waals surface area contributed by atoms with Crippen LogP contribution in [0.1, 0.15) is 17.9 Å². The first-order valence-corrected chi connectivity index (χ1v) is 6.32. The van der Waals surface area contributed by atoms with Gasteiger partial charge in [0, 0.05) is 19.2 Å². The molecule has 0 fully saturated rings. The highest BCUT2D eigenvalue weighted by Crippen LogP contribution is 2.06. The zero-order valence-corrected chi connectivity index (χ0v) is 11.2. The number of aryl methyl sites for hydroxylation is 1. The minimum Gasteiger partial charge on any atom is -0.467 e. The molecule has 20 heavy (non-hydrogen) atoms. The van der Waals surface area contributed by atoms with Crippen molar-refractivity contribution >= 4 is 11.8 Å². The van der Waals surface area contributed by atoms with Gasteiger partial charge in [-0.2, -0.15) is 0 Å². The number of rotatable bonds is 7. The molecule has 0 unspecified atom stereocenters. The summed E-state index contributed by atoms with van der Waals surface area (Å²) in [5.41, 5.74) is 0. The number of amides is 2. The average molecular weight is 279 g/mol. The van der Waals surface area contributed by atoms with Gasteiger partial charge in [-0.25, -0.2) is 4.79 Å². The summed E-state index contributed by atoms with van der Waals surface area (Å²) in [7, 11) is 0. The summed E-state index contributed by atoms with van der Waals surface area (Å²) in [5.74, 6) is 1.83. The van der Waals surface area contributed by atoms with Crippen molar-refractivity contribution in [3.05, 3.63) is 36.0 Å². The lowest BCUT2D eigenvalue weighted by atomic mass is 10.4. The smallest absolute Gasteiger partial charge is 0.320 e. The van der Waals surface area contributed by atoms with Gasteiger partial charge in [0.1, 0.15) is 18.1 Å². The van der Waals surface area contributed by atoms with Crippen LogP contribution in [0, 0.1) is 6.92 Å². The second kappa shape index (κ2) is 7.34. The molecular weight excluding hydrogens is 262 g/mol. The van der Waals surface area contributed by atoms with E-state index in [1.807, 2.05) is 12.1 Å². The molecule has 2 aromatic rings. The standard InChI is InChI=1S/C13H17N3O4/c1-10-8-12(16-20-10)15-13(17)14-5-3-6-18-9-11-4-2-7-19-11/h2,4,7-8H,3,5-6,9H2,1H3,(H2,14,15,16,17). The first kappa shape index (κ1) is 14.1. The number of ether oxygens (including phenoxy) is 1. The fourth-order valence-corrected chi connectivity index (χ4v) is 1.53. The summed E-state index contributed by atoms with van der Waals surface area (Å²) in [6, 6.07) is 5.00. The molecule has 7 nitrogen and oxygen atoms in total. The second-order valence-electron chi connectivity index (χ2n) is 4.19. The number of hydrogen-bond acceptors (Lipinski definition) is 5. The number of nitrogens with one attached hydrogen (secondary N) is 2. The zero-order chi connectivity index (χ0) is 14.2. The molecule has 2 aromatic heterocycles. The van der Waals surface area contributed by atoms with Crippen LogP contribution in [-0.2, 0) is 11.3 Å². The molecule has 0 aliphatic heterocycles. The number of nitrogens with zero attached hydrogens (tertiary/aromatic N) is 1. The molecule has 0 spiro atoms. The molecule has 0 saturated carbocycles. The van der Waals surface area contributed by atoms with Crippen LogP contribution in [0.4, 0.5) is 10.6 Å². The van der Waals surface area contributed by atoms with E-state index in [1.165, 1.54) is 0 Å². The van der Waals surface area contributed by atoms with Crippen LogP contribution in [-0.4, -0.2) is 24.3 Å².